The largest absolute Gasteiger partial charge is 0.508 e. The van der Waals surface area contributed by atoms with Crippen molar-refractivity contribution in [2.45, 2.75) is 99.1 Å². The second-order valence-electron chi connectivity index (χ2n) is 16.4. The first kappa shape index (κ1) is 42.1. The van der Waals surface area contributed by atoms with E-state index in [2.05, 4.69) is 9.98 Å². The molecule has 0 aromatic heterocycles. The summed E-state index contributed by atoms with van der Waals surface area (Å²) in [6.45, 7) is 1.37. The minimum Gasteiger partial charge on any atom is -0.508 e. The number of carbonyl (C=O) groups is 2. The summed E-state index contributed by atoms with van der Waals surface area (Å²) in [4.78, 5) is 38.7. The van der Waals surface area contributed by atoms with Gasteiger partial charge in [-0.15, -0.1) is 0 Å². The number of benzene rings is 3. The molecule has 3 aromatic rings. The summed E-state index contributed by atoms with van der Waals surface area (Å²) in [5, 5.41) is 97.7. The molecule has 9 N–H and O–H groups in total. The van der Waals surface area contributed by atoms with Gasteiger partial charge in [0.25, 0.3) is 5.91 Å². The lowest BCUT2D eigenvalue weighted by Crippen LogP contribution is -2.67. The lowest BCUT2D eigenvalue weighted by atomic mass is 9.57. The lowest BCUT2D eigenvalue weighted by molar-refractivity contribution is -0.422. The van der Waals surface area contributed by atoms with Crippen molar-refractivity contribution in [2.75, 3.05) is 18.2 Å². The van der Waals surface area contributed by atoms with Gasteiger partial charge in [0.1, 0.15) is 36.5 Å². The van der Waals surface area contributed by atoms with Crippen LogP contribution in [0, 0.1) is 5.92 Å². The number of carboxylic acid groups (broad SMARTS) is 1. The number of hydrogen-bond donors (Lipinski definition) is 9. The predicted octanol–water partition coefficient (Wildman–Crippen LogP) is 3.16. The first-order valence-corrected chi connectivity index (χ1v) is 20.4. The van der Waals surface area contributed by atoms with Gasteiger partial charge in [-0.25, -0.2) is 4.79 Å². The van der Waals surface area contributed by atoms with Gasteiger partial charge in [-0.2, -0.15) is 0 Å². The second-order valence-corrected chi connectivity index (χ2v) is 16.4. The topological polar surface area (TPSA) is 263 Å². The van der Waals surface area contributed by atoms with Crippen LogP contribution in [0.15, 0.2) is 82.8 Å². The number of rotatable bonds is 11. The number of hydrogen-bond acceptors (Lipinski definition) is 14. The lowest BCUT2D eigenvalue weighted by Gasteiger charge is -2.46. The molecule has 1 saturated carbocycles. The number of aliphatic hydroxyl groups is 5. The van der Waals surface area contributed by atoms with E-state index < -0.39 is 83.2 Å². The average molecular weight is 840 g/mol. The summed E-state index contributed by atoms with van der Waals surface area (Å²) in [5.41, 5.74) is 0.589. The molecule has 16 nitrogen and oxygen atoms in total. The van der Waals surface area contributed by atoms with Crippen LogP contribution in [0.1, 0.15) is 73.6 Å². The fourth-order valence-corrected chi connectivity index (χ4v) is 10.1. The highest BCUT2D eigenvalue weighted by molar-refractivity contribution is 6.43. The molecule has 2 aliphatic carbocycles. The van der Waals surface area contributed by atoms with Crippen molar-refractivity contribution in [3.05, 3.63) is 95.1 Å². The molecule has 0 bridgehead atoms. The SMILES string of the molecule is CCC1=NCN=C1Cc1cc(C=CC(=O)N2c3cc(OC4(O)OC(CO)C(O)C(O)C4O)c(O)cc3C3C(C4(c5ccccc5O)CCCCC4)C=CC32C(=O)O)ccc1O. The van der Waals surface area contributed by atoms with Gasteiger partial charge in [0.2, 0.25) is 0 Å². The Morgan fingerprint density at radius 1 is 0.934 bits per heavy atom. The van der Waals surface area contributed by atoms with Crippen LogP contribution in [-0.4, -0.2) is 118 Å². The Kier molecular flexibility index (Phi) is 11.0. The second kappa shape index (κ2) is 16.0. The van der Waals surface area contributed by atoms with Gasteiger partial charge < -0.3 is 55.4 Å². The van der Waals surface area contributed by atoms with Gasteiger partial charge in [-0.3, -0.25) is 19.7 Å². The van der Waals surface area contributed by atoms with Crippen molar-refractivity contribution in [1.29, 1.82) is 0 Å². The van der Waals surface area contributed by atoms with Gasteiger partial charge in [0.05, 0.1) is 23.7 Å². The highest BCUT2D eigenvalue weighted by atomic mass is 16.8. The number of aliphatic carboxylic acids is 1. The van der Waals surface area contributed by atoms with Crippen LogP contribution in [0.2, 0.25) is 0 Å². The van der Waals surface area contributed by atoms with Crippen molar-refractivity contribution in [1.82, 2.24) is 0 Å². The Morgan fingerprint density at radius 2 is 1.67 bits per heavy atom. The van der Waals surface area contributed by atoms with Gasteiger partial charge in [0, 0.05) is 41.0 Å². The number of anilines is 1. The van der Waals surface area contributed by atoms with Gasteiger partial charge in [-0.1, -0.05) is 62.6 Å². The molecule has 322 valence electrons. The maximum atomic E-state index is 14.8. The molecular weight excluding hydrogens is 791 g/mol. The van der Waals surface area contributed by atoms with Crippen LogP contribution < -0.4 is 9.64 Å². The van der Waals surface area contributed by atoms with Crippen LogP contribution in [-0.2, 0) is 26.2 Å². The molecule has 0 radical (unpaired) electrons. The van der Waals surface area contributed by atoms with E-state index in [1.54, 1.807) is 30.3 Å². The van der Waals surface area contributed by atoms with E-state index in [9.17, 15) is 55.5 Å². The zero-order valence-electron chi connectivity index (χ0n) is 33.3. The number of nitrogens with zero attached hydrogens (tertiary/aromatic N) is 3. The zero-order valence-corrected chi connectivity index (χ0v) is 33.3. The number of aromatic hydroxyl groups is 3. The molecule has 1 amide bonds. The Hall–Kier alpha value is -5.62. The highest BCUT2D eigenvalue weighted by Gasteiger charge is 2.66. The summed E-state index contributed by atoms with van der Waals surface area (Å²) in [6, 6.07) is 14.1. The third-order valence-corrected chi connectivity index (χ3v) is 13.1. The molecule has 3 aromatic carbocycles. The number of phenolic OH excluding ortho intramolecular Hbond substituents is 3. The zero-order chi connectivity index (χ0) is 43.4. The van der Waals surface area contributed by atoms with E-state index in [-0.39, 0.29) is 22.7 Å². The highest BCUT2D eigenvalue weighted by Crippen LogP contribution is 2.64. The van der Waals surface area contributed by atoms with Gasteiger partial charge >= 0.3 is 11.9 Å². The summed E-state index contributed by atoms with van der Waals surface area (Å²) in [5.74, 6) is -8.17. The summed E-state index contributed by atoms with van der Waals surface area (Å²) >= 11 is 0. The third-order valence-electron chi connectivity index (χ3n) is 13.1. The summed E-state index contributed by atoms with van der Waals surface area (Å²) < 4.78 is 10.9. The number of ether oxygens (including phenoxy) is 2. The van der Waals surface area contributed by atoms with Crippen LogP contribution in [0.4, 0.5) is 5.69 Å². The number of allylic oxidation sites excluding steroid dienone is 1. The number of amides is 1. The molecule has 3 heterocycles. The van der Waals surface area contributed by atoms with Crippen molar-refractivity contribution in [2.24, 2.45) is 15.9 Å². The molecular formula is C45H49N3O13. The molecule has 2 fully saturated rings. The average Bonchev–Trinajstić information content (AvgIpc) is 3.95. The Bertz CT molecular complexity index is 2350. The van der Waals surface area contributed by atoms with Gasteiger partial charge in [-0.05, 0) is 66.6 Å². The number of aliphatic hydroxyl groups excluding tert-OH is 4. The molecule has 8 rings (SSSR count). The van der Waals surface area contributed by atoms with E-state index in [0.717, 1.165) is 41.7 Å². The normalized spacial score (nSPS) is 30.2. The minimum absolute atomic E-state index is 0.0197. The fourth-order valence-electron chi connectivity index (χ4n) is 10.1. The maximum absolute atomic E-state index is 14.8. The number of carboxylic acids is 1. The molecule has 1 saturated heterocycles. The number of fused-ring (bicyclic) bond motifs is 3. The minimum atomic E-state index is -3.14. The van der Waals surface area contributed by atoms with Crippen LogP contribution in [0.3, 0.4) is 0 Å². The quantitative estimate of drug-likeness (QED) is 0.0765. The Labute approximate surface area is 350 Å². The van der Waals surface area contributed by atoms with E-state index in [4.69, 9.17) is 9.47 Å². The van der Waals surface area contributed by atoms with Crippen molar-refractivity contribution in [3.63, 3.8) is 0 Å². The first-order valence-electron chi connectivity index (χ1n) is 20.4. The number of para-hydroxylation sites is 1. The van der Waals surface area contributed by atoms with Gasteiger partial charge in [0.15, 0.2) is 23.1 Å². The van der Waals surface area contributed by atoms with Crippen molar-refractivity contribution >= 4 is 35.1 Å². The molecule has 16 heteroatoms. The van der Waals surface area contributed by atoms with Crippen LogP contribution in [0.5, 0.6) is 23.0 Å². The third kappa shape index (κ3) is 6.87. The van der Waals surface area contributed by atoms with Crippen molar-refractivity contribution < 1.29 is 65.0 Å². The molecule has 3 aliphatic heterocycles. The summed E-state index contributed by atoms with van der Waals surface area (Å²) in [6.07, 6.45) is 2.74. The van der Waals surface area contributed by atoms with Crippen molar-refractivity contribution in [3.8, 4) is 23.0 Å². The molecule has 0 spiro atoms. The van der Waals surface area contributed by atoms with E-state index >= 15 is 0 Å². The monoisotopic (exact) mass is 839 g/mol. The Morgan fingerprint density at radius 3 is 2.38 bits per heavy atom. The van der Waals surface area contributed by atoms with E-state index in [1.165, 1.54) is 30.4 Å². The van der Waals surface area contributed by atoms with Crippen LogP contribution >= 0.6 is 0 Å². The molecule has 8 unspecified atom stereocenters. The van der Waals surface area contributed by atoms with Crippen LogP contribution in [0.25, 0.3) is 6.08 Å². The molecule has 5 aliphatic rings. The summed E-state index contributed by atoms with van der Waals surface area (Å²) in [7, 11) is 0. The molecule has 8 atom stereocenters. The van der Waals surface area contributed by atoms with E-state index in [1.807, 2.05) is 19.1 Å². The number of carbonyl (C=O) groups excluding carboxylic acids is 1. The predicted molar refractivity (Wildman–Crippen MR) is 221 cm³/mol. The smallest absolute Gasteiger partial charge is 0.355 e. The number of aliphatic imine (C=N–C) groups is 2. The fraction of sp³-hybridized carbons (Fsp3) is 0.422. The maximum Gasteiger partial charge on any atom is 0.355 e. The van der Waals surface area contributed by atoms with E-state index in [0.29, 0.717) is 49.0 Å². The standard InChI is InChI=1S/C45H49N3O13/c1-2-29-30(47-23-46-29)19-25-18-24(10-12-32(25)50)11-13-37(53)48-31-21-35(60-45(59)41(56)40(55)39(54)36(22-49)61-45)34(52)20-26(31)38-28(14-17-44(38,48)42(57)58)43(15-6-3-7-16-43)27-8-4-5-9-33(27)51/h4-5,8-14,17-18,20-21,28,36,38-41,49-52,54-56,59H,2-3,6-7,15-16,19,22-23H2,1H3,(H,57,58). The Balaban J connectivity index is 1.24. The number of phenols is 3. The first-order chi connectivity index (χ1) is 29.2. The molecule has 61 heavy (non-hydrogen) atoms.